The van der Waals surface area contributed by atoms with Gasteiger partial charge in [-0.25, -0.2) is 4.39 Å². The standard InChI is InChI=1S/C15H14FN3O/c1-19(2)12-4-5-13(18)15(8-12)20-14-6-3-11(16)7-10(14)9-17/h3-8H,18H2,1-2H3. The second kappa shape index (κ2) is 5.49. The first-order valence-electron chi connectivity index (χ1n) is 5.95. The molecule has 0 saturated heterocycles. The third-order valence-electron chi connectivity index (χ3n) is 2.80. The molecule has 0 amide bonds. The molecule has 102 valence electrons. The topological polar surface area (TPSA) is 62.3 Å². The Hall–Kier alpha value is -2.74. The highest BCUT2D eigenvalue weighted by Crippen LogP contribution is 2.32. The van der Waals surface area contributed by atoms with Crippen LogP contribution in [0.1, 0.15) is 5.56 Å². The number of nitrogen functional groups attached to an aromatic ring is 1. The van der Waals surface area contributed by atoms with Crippen LogP contribution in [-0.2, 0) is 0 Å². The lowest BCUT2D eigenvalue weighted by atomic mass is 10.2. The lowest BCUT2D eigenvalue weighted by Gasteiger charge is -2.16. The van der Waals surface area contributed by atoms with E-state index in [-0.39, 0.29) is 11.3 Å². The summed E-state index contributed by atoms with van der Waals surface area (Å²) in [6, 6.07) is 11.0. The van der Waals surface area contributed by atoms with Gasteiger partial charge in [0, 0.05) is 25.8 Å². The maximum absolute atomic E-state index is 13.1. The van der Waals surface area contributed by atoms with Gasteiger partial charge in [0.25, 0.3) is 0 Å². The number of benzene rings is 2. The van der Waals surface area contributed by atoms with E-state index < -0.39 is 5.82 Å². The molecule has 2 rings (SSSR count). The summed E-state index contributed by atoms with van der Waals surface area (Å²) in [5.74, 6) is 0.222. The molecule has 0 fully saturated rings. The summed E-state index contributed by atoms with van der Waals surface area (Å²) in [5.41, 5.74) is 7.34. The van der Waals surface area contributed by atoms with E-state index in [4.69, 9.17) is 15.7 Å². The van der Waals surface area contributed by atoms with Crippen LogP contribution in [0.3, 0.4) is 0 Å². The first kappa shape index (κ1) is 13.7. The minimum atomic E-state index is -0.482. The number of hydrogen-bond acceptors (Lipinski definition) is 4. The first-order valence-corrected chi connectivity index (χ1v) is 5.95. The van der Waals surface area contributed by atoms with Crippen LogP contribution in [-0.4, -0.2) is 14.1 Å². The molecule has 0 aliphatic carbocycles. The molecule has 2 aromatic rings. The van der Waals surface area contributed by atoms with E-state index in [1.807, 2.05) is 31.1 Å². The molecule has 0 unspecified atom stereocenters. The fourth-order valence-corrected chi connectivity index (χ4v) is 1.69. The molecule has 0 aromatic heterocycles. The Labute approximate surface area is 116 Å². The van der Waals surface area contributed by atoms with Gasteiger partial charge in [-0.2, -0.15) is 5.26 Å². The van der Waals surface area contributed by atoms with Gasteiger partial charge in [-0.1, -0.05) is 0 Å². The van der Waals surface area contributed by atoms with Gasteiger partial charge in [0.15, 0.2) is 5.75 Å². The van der Waals surface area contributed by atoms with E-state index in [0.717, 1.165) is 11.8 Å². The van der Waals surface area contributed by atoms with Gasteiger partial charge in [0.2, 0.25) is 0 Å². The van der Waals surface area contributed by atoms with Crippen LogP contribution in [0.4, 0.5) is 15.8 Å². The summed E-state index contributed by atoms with van der Waals surface area (Å²) >= 11 is 0. The summed E-state index contributed by atoms with van der Waals surface area (Å²) < 4.78 is 18.7. The van der Waals surface area contributed by atoms with Gasteiger partial charge >= 0.3 is 0 Å². The fourth-order valence-electron chi connectivity index (χ4n) is 1.69. The maximum Gasteiger partial charge on any atom is 0.152 e. The van der Waals surface area contributed by atoms with E-state index in [9.17, 15) is 4.39 Å². The van der Waals surface area contributed by atoms with Crippen LogP contribution < -0.4 is 15.4 Å². The summed E-state index contributed by atoms with van der Waals surface area (Å²) in [4.78, 5) is 1.90. The molecule has 20 heavy (non-hydrogen) atoms. The van der Waals surface area contributed by atoms with Gasteiger partial charge in [0.1, 0.15) is 17.6 Å². The Balaban J connectivity index is 2.40. The van der Waals surface area contributed by atoms with Crippen LogP contribution in [0.5, 0.6) is 11.5 Å². The smallest absolute Gasteiger partial charge is 0.152 e. The third kappa shape index (κ3) is 2.81. The fraction of sp³-hybridized carbons (Fsp3) is 0.133. The highest BCUT2D eigenvalue weighted by molar-refractivity contribution is 5.63. The van der Waals surface area contributed by atoms with Crippen molar-refractivity contribution in [1.82, 2.24) is 0 Å². The van der Waals surface area contributed by atoms with E-state index in [0.29, 0.717) is 11.4 Å². The molecule has 0 atom stereocenters. The molecule has 0 heterocycles. The molecule has 0 saturated carbocycles. The number of halogens is 1. The lowest BCUT2D eigenvalue weighted by Crippen LogP contribution is -2.08. The predicted octanol–water partition coefficient (Wildman–Crippen LogP) is 3.14. The van der Waals surface area contributed by atoms with E-state index in [1.54, 1.807) is 12.1 Å². The summed E-state index contributed by atoms with van der Waals surface area (Å²) in [6.45, 7) is 0. The minimum Gasteiger partial charge on any atom is -0.454 e. The van der Waals surface area contributed by atoms with E-state index >= 15 is 0 Å². The van der Waals surface area contributed by atoms with Crippen LogP contribution in [0, 0.1) is 17.1 Å². The van der Waals surface area contributed by atoms with Crippen LogP contribution >= 0.6 is 0 Å². The Morgan fingerprint density at radius 1 is 1.15 bits per heavy atom. The lowest BCUT2D eigenvalue weighted by molar-refractivity contribution is 0.481. The van der Waals surface area contributed by atoms with Gasteiger partial charge in [-0.15, -0.1) is 0 Å². The zero-order valence-electron chi connectivity index (χ0n) is 11.2. The number of hydrogen-bond donors (Lipinski definition) is 1. The second-order valence-corrected chi connectivity index (χ2v) is 4.47. The normalized spacial score (nSPS) is 9.90. The molecule has 0 aliphatic heterocycles. The highest BCUT2D eigenvalue weighted by Gasteiger charge is 2.09. The zero-order valence-corrected chi connectivity index (χ0v) is 11.2. The number of rotatable bonds is 3. The molecule has 2 aromatic carbocycles. The van der Waals surface area contributed by atoms with E-state index in [2.05, 4.69) is 0 Å². The van der Waals surface area contributed by atoms with Crippen molar-refractivity contribution in [2.24, 2.45) is 0 Å². The zero-order chi connectivity index (χ0) is 14.7. The number of nitriles is 1. The monoisotopic (exact) mass is 271 g/mol. The van der Waals surface area contributed by atoms with Crippen LogP contribution in [0.15, 0.2) is 36.4 Å². The molecule has 0 aliphatic rings. The van der Waals surface area contributed by atoms with Crippen LogP contribution in [0.2, 0.25) is 0 Å². The van der Waals surface area contributed by atoms with E-state index in [1.165, 1.54) is 12.1 Å². The molecule has 0 radical (unpaired) electrons. The molecular formula is C15H14FN3O. The molecule has 2 N–H and O–H groups in total. The number of nitrogens with two attached hydrogens (primary N) is 1. The minimum absolute atomic E-state index is 0.125. The highest BCUT2D eigenvalue weighted by atomic mass is 19.1. The number of ether oxygens (including phenoxy) is 1. The van der Waals surface area contributed by atoms with Crippen molar-refractivity contribution in [2.75, 3.05) is 24.7 Å². The average Bonchev–Trinajstić information content (AvgIpc) is 2.42. The van der Waals surface area contributed by atoms with Gasteiger partial charge in [-0.3, -0.25) is 0 Å². The Morgan fingerprint density at radius 2 is 1.90 bits per heavy atom. The van der Waals surface area contributed by atoms with Crippen molar-refractivity contribution < 1.29 is 9.13 Å². The molecule has 0 bridgehead atoms. The first-order chi connectivity index (χ1) is 9.51. The number of anilines is 2. The predicted molar refractivity (Wildman–Crippen MR) is 76.4 cm³/mol. The van der Waals surface area contributed by atoms with Crippen molar-refractivity contribution in [3.05, 3.63) is 47.8 Å². The van der Waals surface area contributed by atoms with Gasteiger partial charge < -0.3 is 15.4 Å². The summed E-state index contributed by atoms with van der Waals surface area (Å²) in [6.07, 6.45) is 0. The number of nitrogens with zero attached hydrogens (tertiary/aromatic N) is 2. The van der Waals surface area contributed by atoms with Crippen LogP contribution in [0.25, 0.3) is 0 Å². The summed E-state index contributed by atoms with van der Waals surface area (Å²) in [7, 11) is 3.79. The van der Waals surface area contributed by atoms with Crippen molar-refractivity contribution in [3.8, 4) is 17.6 Å². The quantitative estimate of drug-likeness (QED) is 0.871. The molecular weight excluding hydrogens is 257 g/mol. The second-order valence-electron chi connectivity index (χ2n) is 4.47. The molecule has 5 heteroatoms. The van der Waals surface area contributed by atoms with Crippen molar-refractivity contribution in [3.63, 3.8) is 0 Å². The Morgan fingerprint density at radius 3 is 2.55 bits per heavy atom. The van der Waals surface area contributed by atoms with Gasteiger partial charge in [-0.05, 0) is 30.3 Å². The Kier molecular flexibility index (Phi) is 3.76. The molecule has 0 spiro atoms. The largest absolute Gasteiger partial charge is 0.454 e. The van der Waals surface area contributed by atoms with Crippen molar-refractivity contribution >= 4 is 11.4 Å². The average molecular weight is 271 g/mol. The SMILES string of the molecule is CN(C)c1ccc(N)c(Oc2ccc(F)cc2C#N)c1. The van der Waals surface area contributed by atoms with Crippen molar-refractivity contribution in [2.45, 2.75) is 0 Å². The Bertz CT molecular complexity index is 677. The van der Waals surface area contributed by atoms with Crippen molar-refractivity contribution in [1.29, 1.82) is 5.26 Å². The third-order valence-corrected chi connectivity index (χ3v) is 2.80. The maximum atomic E-state index is 13.1. The molecule has 4 nitrogen and oxygen atoms in total. The van der Waals surface area contributed by atoms with Gasteiger partial charge in [0.05, 0.1) is 11.3 Å². The summed E-state index contributed by atoms with van der Waals surface area (Å²) in [5, 5.41) is 9.00.